The number of hydroxylamine groups is 1. The van der Waals surface area contributed by atoms with Crippen molar-refractivity contribution < 1.29 is 19.5 Å². The molecule has 0 radical (unpaired) electrons. The third kappa shape index (κ3) is 4.11. The molecule has 2 aliphatic rings. The summed E-state index contributed by atoms with van der Waals surface area (Å²) in [6, 6.07) is 14.8. The SMILES string of the molecule is CC1(C(=O)N2Cc3ccc(C(=O)NO)cc3O[C@H](c3ccccc3)C2)CCC1.S. The van der Waals surface area contributed by atoms with E-state index in [1.165, 1.54) is 0 Å². The molecule has 154 valence electrons. The second-order valence-corrected chi connectivity index (χ2v) is 7.88. The van der Waals surface area contributed by atoms with Crippen molar-refractivity contribution in [2.75, 3.05) is 6.54 Å². The lowest BCUT2D eigenvalue weighted by atomic mass is 9.69. The van der Waals surface area contributed by atoms with Crippen LogP contribution in [0.3, 0.4) is 0 Å². The number of rotatable bonds is 3. The summed E-state index contributed by atoms with van der Waals surface area (Å²) >= 11 is 0. The van der Waals surface area contributed by atoms with Crippen molar-refractivity contribution >= 4 is 25.3 Å². The van der Waals surface area contributed by atoms with Gasteiger partial charge >= 0.3 is 0 Å². The first kappa shape index (κ1) is 21.2. The van der Waals surface area contributed by atoms with E-state index in [4.69, 9.17) is 9.94 Å². The Morgan fingerprint density at radius 2 is 1.90 bits per heavy atom. The van der Waals surface area contributed by atoms with Crippen molar-refractivity contribution in [3.8, 4) is 5.75 Å². The van der Waals surface area contributed by atoms with E-state index in [-0.39, 0.29) is 30.9 Å². The summed E-state index contributed by atoms with van der Waals surface area (Å²) in [6.07, 6.45) is 2.59. The van der Waals surface area contributed by atoms with Crippen molar-refractivity contribution in [3.05, 3.63) is 65.2 Å². The molecular formula is C22H26N2O4S. The molecule has 0 unspecified atom stereocenters. The van der Waals surface area contributed by atoms with Crippen LogP contribution in [0.15, 0.2) is 48.5 Å². The average molecular weight is 415 g/mol. The number of carbonyl (C=O) groups excluding carboxylic acids is 2. The Labute approximate surface area is 177 Å². The van der Waals surface area contributed by atoms with Crippen LogP contribution in [0.25, 0.3) is 0 Å². The van der Waals surface area contributed by atoms with Gasteiger partial charge in [0.15, 0.2) is 0 Å². The molecule has 1 heterocycles. The minimum atomic E-state index is -0.596. The van der Waals surface area contributed by atoms with Crippen LogP contribution in [-0.4, -0.2) is 28.5 Å². The molecule has 2 aromatic rings. The van der Waals surface area contributed by atoms with E-state index in [2.05, 4.69) is 0 Å². The topological polar surface area (TPSA) is 78.9 Å². The number of nitrogens with zero attached hydrogens (tertiary/aromatic N) is 1. The number of hydrogen-bond donors (Lipinski definition) is 2. The molecule has 2 amide bonds. The summed E-state index contributed by atoms with van der Waals surface area (Å²) in [7, 11) is 0. The highest BCUT2D eigenvalue weighted by molar-refractivity contribution is 7.59. The van der Waals surface area contributed by atoms with Gasteiger partial charge in [0.25, 0.3) is 5.91 Å². The molecule has 4 rings (SSSR count). The van der Waals surface area contributed by atoms with Crippen LogP contribution in [0.5, 0.6) is 5.75 Å². The van der Waals surface area contributed by atoms with E-state index < -0.39 is 5.91 Å². The molecule has 2 aromatic carbocycles. The lowest BCUT2D eigenvalue weighted by molar-refractivity contribution is -0.147. The zero-order valence-corrected chi connectivity index (χ0v) is 17.4. The first-order chi connectivity index (χ1) is 13.5. The maximum Gasteiger partial charge on any atom is 0.274 e. The number of benzene rings is 2. The van der Waals surface area contributed by atoms with Crippen molar-refractivity contribution in [1.82, 2.24) is 10.4 Å². The fourth-order valence-corrected chi connectivity index (χ4v) is 3.96. The number of ether oxygens (including phenoxy) is 1. The van der Waals surface area contributed by atoms with E-state index in [9.17, 15) is 9.59 Å². The van der Waals surface area contributed by atoms with Crippen molar-refractivity contribution in [2.24, 2.45) is 5.41 Å². The van der Waals surface area contributed by atoms with Gasteiger partial charge in [0.1, 0.15) is 11.9 Å². The van der Waals surface area contributed by atoms with E-state index in [0.29, 0.717) is 24.4 Å². The molecule has 0 spiro atoms. The van der Waals surface area contributed by atoms with Gasteiger partial charge in [-0.15, -0.1) is 0 Å². The Morgan fingerprint density at radius 1 is 1.17 bits per heavy atom. The Kier molecular flexibility index (Phi) is 6.19. The second-order valence-electron chi connectivity index (χ2n) is 7.88. The number of hydrogen-bond acceptors (Lipinski definition) is 4. The maximum absolute atomic E-state index is 13.2. The highest BCUT2D eigenvalue weighted by atomic mass is 32.1. The summed E-state index contributed by atoms with van der Waals surface area (Å²) in [5.74, 6) is 0.124. The molecule has 2 N–H and O–H groups in total. The standard InChI is InChI=1S/C22H24N2O4.H2S/c1-22(10-5-11-22)21(26)24-13-17-9-8-16(20(25)23-27)12-18(17)28-19(14-24)15-6-3-2-4-7-15;/h2-4,6-9,12,19,27H,5,10-11,13-14H2,1H3,(H,23,25);1H2/t19-;/m0./s1. The Hall–Kier alpha value is -2.51. The third-order valence-electron chi connectivity index (χ3n) is 5.88. The highest BCUT2D eigenvalue weighted by Gasteiger charge is 2.43. The number of carbonyl (C=O) groups is 2. The molecule has 0 bridgehead atoms. The lowest BCUT2D eigenvalue weighted by Gasteiger charge is -2.41. The zero-order chi connectivity index (χ0) is 19.7. The summed E-state index contributed by atoms with van der Waals surface area (Å²) in [5, 5.41) is 8.92. The number of amides is 2. The van der Waals surface area contributed by atoms with Gasteiger partial charge in [-0.2, -0.15) is 13.5 Å². The second kappa shape index (κ2) is 8.47. The van der Waals surface area contributed by atoms with Gasteiger partial charge in [-0.25, -0.2) is 5.48 Å². The van der Waals surface area contributed by atoms with E-state index in [0.717, 1.165) is 30.4 Å². The molecule has 29 heavy (non-hydrogen) atoms. The van der Waals surface area contributed by atoms with Crippen LogP contribution >= 0.6 is 13.5 Å². The molecule has 1 saturated carbocycles. The van der Waals surface area contributed by atoms with Crippen LogP contribution in [-0.2, 0) is 11.3 Å². The summed E-state index contributed by atoms with van der Waals surface area (Å²) in [6.45, 7) is 2.93. The minimum absolute atomic E-state index is 0. The van der Waals surface area contributed by atoms with Gasteiger partial charge < -0.3 is 9.64 Å². The van der Waals surface area contributed by atoms with E-state index in [1.807, 2.05) is 42.2 Å². The Morgan fingerprint density at radius 3 is 2.52 bits per heavy atom. The molecule has 6 nitrogen and oxygen atoms in total. The van der Waals surface area contributed by atoms with Gasteiger partial charge in [-0.3, -0.25) is 14.8 Å². The molecule has 0 saturated heterocycles. The summed E-state index contributed by atoms with van der Waals surface area (Å²) < 4.78 is 6.27. The molecule has 1 atom stereocenters. The minimum Gasteiger partial charge on any atom is -0.483 e. The third-order valence-corrected chi connectivity index (χ3v) is 5.88. The smallest absolute Gasteiger partial charge is 0.274 e. The Bertz CT molecular complexity index is 899. The largest absolute Gasteiger partial charge is 0.483 e. The zero-order valence-electron chi connectivity index (χ0n) is 16.4. The van der Waals surface area contributed by atoms with E-state index >= 15 is 0 Å². The highest BCUT2D eigenvalue weighted by Crippen LogP contribution is 2.43. The number of fused-ring (bicyclic) bond motifs is 1. The van der Waals surface area contributed by atoms with Crippen molar-refractivity contribution in [1.29, 1.82) is 0 Å². The fraction of sp³-hybridized carbons (Fsp3) is 0.364. The van der Waals surface area contributed by atoms with Crippen LogP contribution in [0.1, 0.15) is 53.8 Å². The van der Waals surface area contributed by atoms with Gasteiger partial charge in [0, 0.05) is 23.1 Å². The van der Waals surface area contributed by atoms with Crippen molar-refractivity contribution in [2.45, 2.75) is 38.8 Å². The predicted molar refractivity (Wildman–Crippen MR) is 113 cm³/mol. The number of nitrogens with one attached hydrogen (secondary N) is 1. The predicted octanol–water partition coefficient (Wildman–Crippen LogP) is 3.57. The van der Waals surface area contributed by atoms with Gasteiger partial charge in [-0.1, -0.05) is 49.7 Å². The fourth-order valence-electron chi connectivity index (χ4n) is 3.96. The van der Waals surface area contributed by atoms with Crippen LogP contribution in [0, 0.1) is 5.41 Å². The molecule has 0 aromatic heterocycles. The van der Waals surface area contributed by atoms with Gasteiger partial charge in [0.05, 0.1) is 6.54 Å². The molecule has 7 heteroatoms. The monoisotopic (exact) mass is 414 g/mol. The summed E-state index contributed by atoms with van der Waals surface area (Å²) in [5.41, 5.74) is 3.49. The Balaban J connectivity index is 0.00000240. The first-order valence-electron chi connectivity index (χ1n) is 9.58. The maximum atomic E-state index is 13.2. The van der Waals surface area contributed by atoms with Gasteiger partial charge in [-0.05, 0) is 30.5 Å². The van der Waals surface area contributed by atoms with Crippen LogP contribution < -0.4 is 10.2 Å². The first-order valence-corrected chi connectivity index (χ1v) is 9.58. The van der Waals surface area contributed by atoms with Crippen LogP contribution in [0.4, 0.5) is 0 Å². The quantitative estimate of drug-likeness (QED) is 0.594. The molecule has 1 aliphatic carbocycles. The molecular weight excluding hydrogens is 388 g/mol. The molecule has 1 aliphatic heterocycles. The van der Waals surface area contributed by atoms with Crippen molar-refractivity contribution in [3.63, 3.8) is 0 Å². The van der Waals surface area contributed by atoms with Crippen LogP contribution in [0.2, 0.25) is 0 Å². The van der Waals surface area contributed by atoms with E-state index in [1.54, 1.807) is 23.7 Å². The lowest BCUT2D eigenvalue weighted by Crippen LogP contribution is -2.46. The molecule has 1 fully saturated rings. The normalized spacial score (nSPS) is 19.5. The van der Waals surface area contributed by atoms with Gasteiger partial charge in [0.2, 0.25) is 5.91 Å². The average Bonchev–Trinajstić information content (AvgIpc) is 2.90. The summed E-state index contributed by atoms with van der Waals surface area (Å²) in [4.78, 5) is 26.9.